The molecule has 40 heavy (non-hydrogen) atoms. The largest absolute Gasteiger partial charge is 0.470 e. The molecule has 4 aromatic rings. The zero-order valence-corrected chi connectivity index (χ0v) is 23.3. The van der Waals surface area contributed by atoms with E-state index in [1.54, 1.807) is 19.2 Å². The molecule has 4 bridgehead atoms. The lowest BCUT2D eigenvalue weighted by Crippen LogP contribution is -2.39. The fourth-order valence-electron chi connectivity index (χ4n) is 4.64. The molecule has 10 heteroatoms. The number of sulfonamides is 1. The second-order valence-corrected chi connectivity index (χ2v) is 11.4. The number of carbonyl (C=O) groups excluding carboxylic acids is 1. The summed E-state index contributed by atoms with van der Waals surface area (Å²) in [5.41, 5.74) is 4.54. The predicted molar refractivity (Wildman–Crippen MR) is 152 cm³/mol. The second-order valence-electron chi connectivity index (χ2n) is 9.74. The standard InChI is InChI=1S/C30H30N4O5S/c1-20-9-7-10-21(2)28(20)26-16-27-32-30(31-26)33-40(36,37)25-14-8-13-23(15-25)29(35)34(3)17-24(39-27)19-38-18-22-11-5-4-6-12-22/h4-16,24H,17-19H2,1-3H3,(H,31,32,33). The van der Waals surface area contributed by atoms with Crippen LogP contribution in [-0.2, 0) is 21.4 Å². The highest BCUT2D eigenvalue weighted by Gasteiger charge is 2.25. The molecule has 1 N–H and O–H groups in total. The molecule has 2 heterocycles. The molecule has 0 aliphatic carbocycles. The number of hydrogen-bond donors (Lipinski definition) is 1. The number of likely N-dealkylation sites (N-methyl/N-ethyl adjacent to an activating group) is 1. The van der Waals surface area contributed by atoms with Crippen LogP contribution in [0.3, 0.4) is 0 Å². The van der Waals surface area contributed by atoms with Crippen LogP contribution in [0.25, 0.3) is 11.3 Å². The van der Waals surface area contributed by atoms with Crippen molar-refractivity contribution in [1.29, 1.82) is 0 Å². The third-order valence-corrected chi connectivity index (χ3v) is 7.91. The number of hydrogen-bond acceptors (Lipinski definition) is 7. The van der Waals surface area contributed by atoms with Gasteiger partial charge in [-0.2, -0.15) is 4.98 Å². The summed E-state index contributed by atoms with van der Waals surface area (Å²) >= 11 is 0. The number of aromatic nitrogens is 2. The maximum Gasteiger partial charge on any atom is 0.264 e. The number of aryl methyl sites for hydroxylation is 2. The van der Waals surface area contributed by atoms with Crippen LogP contribution in [0, 0.1) is 13.8 Å². The monoisotopic (exact) mass is 558 g/mol. The van der Waals surface area contributed by atoms with E-state index < -0.39 is 16.1 Å². The molecule has 1 aliphatic rings. The lowest BCUT2D eigenvalue weighted by molar-refractivity contribution is 0.0234. The molecule has 1 aliphatic heterocycles. The normalized spacial score (nSPS) is 16.6. The SMILES string of the molecule is Cc1cccc(C)c1-c1cc2nc(n1)NS(=O)(=O)c1cccc(c1)C(=O)N(C)CC(COCc1ccccc1)O2. The molecule has 206 valence electrons. The first-order valence-corrected chi connectivity index (χ1v) is 14.3. The number of nitrogens with zero attached hydrogens (tertiary/aromatic N) is 3. The van der Waals surface area contributed by atoms with Gasteiger partial charge in [-0.15, -0.1) is 0 Å². The molecular formula is C30H30N4O5S. The number of amides is 1. The average molecular weight is 559 g/mol. The quantitative estimate of drug-likeness (QED) is 0.381. The van der Waals surface area contributed by atoms with Crippen molar-refractivity contribution < 1.29 is 22.7 Å². The number of fused-ring (bicyclic) bond motifs is 4. The first-order valence-electron chi connectivity index (χ1n) is 12.8. The van der Waals surface area contributed by atoms with E-state index in [1.165, 1.54) is 23.1 Å². The van der Waals surface area contributed by atoms with Crippen molar-refractivity contribution in [2.45, 2.75) is 31.5 Å². The molecule has 1 aromatic heterocycles. The van der Waals surface area contributed by atoms with E-state index in [2.05, 4.69) is 14.7 Å². The summed E-state index contributed by atoms with van der Waals surface area (Å²) in [5, 5.41) is 0. The summed E-state index contributed by atoms with van der Waals surface area (Å²) < 4.78 is 41.4. The van der Waals surface area contributed by atoms with E-state index in [0.717, 1.165) is 22.3 Å². The maximum atomic E-state index is 13.3. The smallest absolute Gasteiger partial charge is 0.264 e. The van der Waals surface area contributed by atoms with Crippen LogP contribution >= 0.6 is 0 Å². The van der Waals surface area contributed by atoms with Gasteiger partial charge in [-0.05, 0) is 48.7 Å². The van der Waals surface area contributed by atoms with E-state index in [1.807, 2.05) is 62.4 Å². The van der Waals surface area contributed by atoms with Crippen LogP contribution in [0.15, 0.2) is 83.8 Å². The summed E-state index contributed by atoms with van der Waals surface area (Å²) in [6, 6.07) is 23.2. The summed E-state index contributed by atoms with van der Waals surface area (Å²) in [4.78, 5) is 23.6. The van der Waals surface area contributed by atoms with Gasteiger partial charge in [0, 0.05) is 24.2 Å². The third-order valence-electron chi connectivity index (χ3n) is 6.58. The minimum atomic E-state index is -4.10. The molecule has 3 aromatic carbocycles. The van der Waals surface area contributed by atoms with Crippen molar-refractivity contribution in [1.82, 2.24) is 14.9 Å². The zero-order valence-electron chi connectivity index (χ0n) is 22.5. The lowest BCUT2D eigenvalue weighted by Gasteiger charge is -2.25. The number of ether oxygens (including phenoxy) is 2. The van der Waals surface area contributed by atoms with Gasteiger partial charge in [0.05, 0.1) is 30.3 Å². The summed E-state index contributed by atoms with van der Waals surface area (Å²) in [6.07, 6.45) is -0.605. The topological polar surface area (TPSA) is 111 Å². The molecule has 1 amide bonds. The van der Waals surface area contributed by atoms with Gasteiger partial charge >= 0.3 is 0 Å². The van der Waals surface area contributed by atoms with Gasteiger partial charge in [0.15, 0.2) is 0 Å². The molecule has 0 spiro atoms. The summed E-state index contributed by atoms with van der Waals surface area (Å²) in [6.45, 7) is 4.63. The lowest BCUT2D eigenvalue weighted by atomic mass is 10.00. The zero-order chi connectivity index (χ0) is 28.3. The highest BCUT2D eigenvalue weighted by Crippen LogP contribution is 2.30. The first-order chi connectivity index (χ1) is 19.2. The highest BCUT2D eigenvalue weighted by atomic mass is 32.2. The first kappa shape index (κ1) is 27.3. The van der Waals surface area contributed by atoms with Gasteiger partial charge in [-0.25, -0.2) is 18.1 Å². The Labute approximate surface area is 233 Å². The van der Waals surface area contributed by atoms with Crippen LogP contribution in [0.4, 0.5) is 5.95 Å². The molecule has 0 fully saturated rings. The molecule has 1 atom stereocenters. The molecule has 1 unspecified atom stereocenters. The number of anilines is 1. The Bertz CT molecular complexity index is 1620. The average Bonchev–Trinajstić information content (AvgIpc) is 2.92. The number of carbonyl (C=O) groups is 1. The van der Waals surface area contributed by atoms with Crippen LogP contribution in [0.2, 0.25) is 0 Å². The van der Waals surface area contributed by atoms with Gasteiger partial charge in [-0.1, -0.05) is 54.6 Å². The van der Waals surface area contributed by atoms with Crippen molar-refractivity contribution in [3.63, 3.8) is 0 Å². The molecule has 9 nitrogen and oxygen atoms in total. The van der Waals surface area contributed by atoms with Crippen molar-refractivity contribution in [3.05, 3.63) is 101 Å². The Morgan fingerprint density at radius 2 is 1.70 bits per heavy atom. The maximum absolute atomic E-state index is 13.3. The van der Waals surface area contributed by atoms with E-state index in [0.29, 0.717) is 12.3 Å². The van der Waals surface area contributed by atoms with E-state index in [4.69, 9.17) is 9.47 Å². The summed E-state index contributed by atoms with van der Waals surface area (Å²) in [5.74, 6) is -0.323. The molecule has 0 radical (unpaired) electrons. The number of benzene rings is 3. The van der Waals surface area contributed by atoms with Gasteiger partial charge in [-0.3, -0.25) is 4.79 Å². The minimum absolute atomic E-state index is 0.0720. The van der Waals surface area contributed by atoms with Crippen molar-refractivity contribution >= 4 is 21.9 Å². The molecular weight excluding hydrogens is 528 g/mol. The van der Waals surface area contributed by atoms with Gasteiger partial charge < -0.3 is 14.4 Å². The van der Waals surface area contributed by atoms with Gasteiger partial charge in [0.2, 0.25) is 11.8 Å². The number of nitrogens with one attached hydrogen (secondary N) is 1. The third kappa shape index (κ3) is 6.13. The Balaban J connectivity index is 1.57. The Morgan fingerprint density at radius 3 is 2.45 bits per heavy atom. The van der Waals surface area contributed by atoms with Crippen molar-refractivity contribution in [3.8, 4) is 17.1 Å². The Kier molecular flexibility index (Phi) is 7.81. The van der Waals surface area contributed by atoms with Crippen LogP contribution in [-0.4, -0.2) is 55.5 Å². The molecule has 0 saturated heterocycles. The Hall–Kier alpha value is -4.28. The second kappa shape index (κ2) is 11.4. The van der Waals surface area contributed by atoms with Crippen LogP contribution in [0.5, 0.6) is 5.88 Å². The van der Waals surface area contributed by atoms with E-state index in [-0.39, 0.29) is 41.3 Å². The molecule has 0 saturated carbocycles. The van der Waals surface area contributed by atoms with Crippen LogP contribution < -0.4 is 9.46 Å². The number of rotatable bonds is 5. The minimum Gasteiger partial charge on any atom is -0.470 e. The Morgan fingerprint density at radius 1 is 0.975 bits per heavy atom. The van der Waals surface area contributed by atoms with E-state index in [9.17, 15) is 13.2 Å². The summed E-state index contributed by atoms with van der Waals surface area (Å²) in [7, 11) is -2.46. The fourth-order valence-corrected chi connectivity index (χ4v) is 5.63. The predicted octanol–water partition coefficient (Wildman–Crippen LogP) is 4.61. The molecule has 5 rings (SSSR count). The van der Waals surface area contributed by atoms with Gasteiger partial charge in [0.25, 0.3) is 15.9 Å². The fraction of sp³-hybridized carbons (Fsp3) is 0.233. The highest BCUT2D eigenvalue weighted by molar-refractivity contribution is 7.92. The van der Waals surface area contributed by atoms with Crippen LogP contribution in [0.1, 0.15) is 27.0 Å². The van der Waals surface area contributed by atoms with Gasteiger partial charge in [0.1, 0.15) is 6.10 Å². The van der Waals surface area contributed by atoms with E-state index >= 15 is 0 Å². The van der Waals surface area contributed by atoms with Crippen molar-refractivity contribution in [2.24, 2.45) is 0 Å². The van der Waals surface area contributed by atoms with Crippen molar-refractivity contribution in [2.75, 3.05) is 24.9 Å².